The fourth-order valence-corrected chi connectivity index (χ4v) is 6.19. The Morgan fingerprint density at radius 2 is 1.50 bits per heavy atom. The second-order valence-electron chi connectivity index (χ2n) is 14.7. The molecule has 0 aliphatic carbocycles. The summed E-state index contributed by atoms with van der Waals surface area (Å²) >= 11 is 0. The van der Waals surface area contributed by atoms with Gasteiger partial charge in [0.2, 0.25) is 11.8 Å². The number of nitrogens with two attached hydrogens (primary N) is 1. The second kappa shape index (κ2) is 20.6. The lowest BCUT2D eigenvalue weighted by atomic mass is 9.82. The molecule has 1 aromatic heterocycles. The maximum Gasteiger partial charge on any atom is 0.490 e. The van der Waals surface area contributed by atoms with Crippen molar-refractivity contribution in [3.63, 3.8) is 0 Å². The smallest absolute Gasteiger partial charge is 0.480 e. The van der Waals surface area contributed by atoms with Crippen molar-refractivity contribution in [3.8, 4) is 11.1 Å². The SMILES string of the molecule is CC(C)(C)[C@H](c1cc(-c2cc(F)ccc2F)cn1Cc1ccccc1)N(CC[C@H](N)C(=O)NC(CCC(=O)CN1C(=O)C=CC1=O)C(=O)O)C(=O)CO.O=C(O)C(F)(F)F. The van der Waals surface area contributed by atoms with Crippen LogP contribution in [-0.2, 0) is 40.1 Å². The highest BCUT2D eigenvalue weighted by Crippen LogP contribution is 2.41. The highest BCUT2D eigenvalue weighted by Gasteiger charge is 2.39. The Morgan fingerprint density at radius 3 is 2.03 bits per heavy atom. The lowest BCUT2D eigenvalue weighted by Crippen LogP contribution is -2.51. The summed E-state index contributed by atoms with van der Waals surface area (Å²) in [6, 6.07) is 10.4. The number of hydrogen-bond donors (Lipinski definition) is 5. The van der Waals surface area contributed by atoms with Gasteiger partial charge >= 0.3 is 18.1 Å². The number of Topliss-reactive ketones (excluding diaryl/α,β-unsaturated/α-hetero) is 1. The minimum atomic E-state index is -5.08. The average Bonchev–Trinajstić information content (AvgIpc) is 3.72. The predicted molar refractivity (Wildman–Crippen MR) is 202 cm³/mol. The molecule has 15 nitrogen and oxygen atoms in total. The molecule has 0 radical (unpaired) electrons. The van der Waals surface area contributed by atoms with Gasteiger partial charge in [-0.25, -0.2) is 18.4 Å². The van der Waals surface area contributed by atoms with E-state index in [1.165, 1.54) is 4.90 Å². The van der Waals surface area contributed by atoms with Crippen LogP contribution in [0.4, 0.5) is 22.0 Å². The zero-order valence-corrected chi connectivity index (χ0v) is 32.6. The van der Waals surface area contributed by atoms with E-state index in [4.69, 9.17) is 15.6 Å². The Morgan fingerprint density at radius 1 is 0.900 bits per heavy atom. The molecular weight excluding hydrogens is 805 g/mol. The molecule has 324 valence electrons. The normalized spacial score (nSPS) is 14.2. The van der Waals surface area contributed by atoms with Gasteiger partial charge in [-0.1, -0.05) is 51.1 Å². The molecule has 1 unspecified atom stereocenters. The van der Waals surface area contributed by atoms with Crippen LogP contribution in [0.15, 0.2) is 72.9 Å². The van der Waals surface area contributed by atoms with Crippen molar-refractivity contribution >= 4 is 41.4 Å². The Bertz CT molecular complexity index is 2080. The monoisotopic (exact) mass is 849 g/mol. The molecule has 4 rings (SSSR count). The largest absolute Gasteiger partial charge is 0.490 e. The lowest BCUT2D eigenvalue weighted by molar-refractivity contribution is -0.192. The van der Waals surface area contributed by atoms with Crippen molar-refractivity contribution in [2.24, 2.45) is 11.1 Å². The van der Waals surface area contributed by atoms with Gasteiger partial charge in [-0.15, -0.1) is 0 Å². The first-order chi connectivity index (χ1) is 27.9. The number of nitrogens with one attached hydrogen (secondary N) is 1. The van der Waals surface area contributed by atoms with Crippen molar-refractivity contribution in [1.29, 1.82) is 0 Å². The summed E-state index contributed by atoms with van der Waals surface area (Å²) in [5.74, 6) is -8.98. The van der Waals surface area contributed by atoms with Gasteiger partial charge in [-0.05, 0) is 48.1 Å². The summed E-state index contributed by atoms with van der Waals surface area (Å²) < 4.78 is 62.9. The van der Waals surface area contributed by atoms with E-state index in [0.717, 1.165) is 40.8 Å². The van der Waals surface area contributed by atoms with Crippen LogP contribution in [0.5, 0.6) is 0 Å². The first kappa shape index (κ1) is 48.1. The third-order valence-electron chi connectivity index (χ3n) is 9.05. The van der Waals surface area contributed by atoms with Crippen molar-refractivity contribution in [2.45, 2.75) is 70.9 Å². The number of imide groups is 1. The highest BCUT2D eigenvalue weighted by molar-refractivity contribution is 6.14. The maximum absolute atomic E-state index is 15.0. The number of alkyl halides is 3. The number of aliphatic hydroxyl groups is 1. The lowest BCUT2D eigenvalue weighted by Gasteiger charge is -2.41. The number of aromatic nitrogens is 1. The first-order valence-corrected chi connectivity index (χ1v) is 18.2. The van der Waals surface area contributed by atoms with Crippen LogP contribution in [0.3, 0.4) is 0 Å². The molecule has 2 heterocycles. The van der Waals surface area contributed by atoms with Gasteiger partial charge in [0.25, 0.3) is 11.8 Å². The average molecular weight is 850 g/mol. The van der Waals surface area contributed by atoms with E-state index in [9.17, 15) is 56.5 Å². The number of carboxylic acid groups (broad SMARTS) is 2. The second-order valence-corrected chi connectivity index (χ2v) is 14.7. The van der Waals surface area contributed by atoms with E-state index >= 15 is 4.39 Å². The highest BCUT2D eigenvalue weighted by atomic mass is 19.4. The number of aliphatic carboxylic acids is 2. The Labute approximate surface area is 340 Å². The summed E-state index contributed by atoms with van der Waals surface area (Å²) in [7, 11) is 0. The van der Waals surface area contributed by atoms with Crippen LogP contribution < -0.4 is 11.1 Å². The molecule has 20 heteroatoms. The van der Waals surface area contributed by atoms with Gasteiger partial charge in [-0.2, -0.15) is 13.2 Å². The number of carbonyl (C=O) groups is 7. The third-order valence-corrected chi connectivity index (χ3v) is 9.05. The van der Waals surface area contributed by atoms with Crippen molar-refractivity contribution in [2.75, 3.05) is 19.7 Å². The van der Waals surface area contributed by atoms with Crippen LogP contribution in [-0.4, -0.2) is 109 Å². The van der Waals surface area contributed by atoms with E-state index < -0.39 is 95.9 Å². The van der Waals surface area contributed by atoms with E-state index in [-0.39, 0.29) is 31.4 Å². The maximum atomic E-state index is 15.0. The molecule has 2 aromatic carbocycles. The van der Waals surface area contributed by atoms with Crippen molar-refractivity contribution in [1.82, 2.24) is 19.7 Å². The standard InChI is InChI=1S/C38H43F2N5O8.C2HF3O2/c1-38(2,3)35(31-17-24(27-18-25(39)9-11-28(27)40)20-43(31)19-23-7-5-4-6-8-23)44(34(50)22-46)16-15-29(41)36(51)42-30(37(52)53)12-10-26(47)21-45-32(48)13-14-33(45)49;3-2(4,5)1(6)7/h4-9,11,13-14,17-18,20,29-30,35,46H,10,12,15-16,19,21-22,41H2,1-3H3,(H,42,51)(H,52,53);(H,6,7)/t29-,30?,35-;/m0./s1. The molecule has 0 bridgehead atoms. The fraction of sp³-hybridized carbons (Fsp3) is 0.375. The number of carboxylic acids is 2. The summed E-state index contributed by atoms with van der Waals surface area (Å²) in [5.41, 5.74) is 7.24. The van der Waals surface area contributed by atoms with Crippen molar-refractivity contribution in [3.05, 3.63) is 95.8 Å². The number of ketones is 1. The molecule has 0 fully saturated rings. The molecule has 3 aromatic rings. The van der Waals surface area contributed by atoms with E-state index in [1.807, 2.05) is 55.7 Å². The molecule has 1 aliphatic heterocycles. The van der Waals surface area contributed by atoms with Crippen LogP contribution in [0.1, 0.15) is 57.3 Å². The first-order valence-electron chi connectivity index (χ1n) is 18.2. The number of carbonyl (C=O) groups excluding carboxylic acids is 5. The molecule has 6 N–H and O–H groups in total. The Kier molecular flexibility index (Phi) is 16.5. The number of amides is 4. The van der Waals surface area contributed by atoms with Gasteiger partial charge < -0.3 is 35.8 Å². The zero-order chi connectivity index (χ0) is 45.1. The molecule has 4 amide bonds. The summed E-state index contributed by atoms with van der Waals surface area (Å²) in [6.45, 7) is 4.26. The number of rotatable bonds is 17. The predicted octanol–water partition coefficient (Wildman–Crippen LogP) is 3.58. The van der Waals surface area contributed by atoms with Gasteiger partial charge in [0.05, 0.1) is 18.6 Å². The molecule has 1 aliphatic rings. The molecule has 3 atom stereocenters. The molecule has 0 spiro atoms. The molecular formula is C40H44F5N5O10. The quantitative estimate of drug-likeness (QED) is 0.0974. The molecule has 0 saturated heterocycles. The summed E-state index contributed by atoms with van der Waals surface area (Å²) in [4.78, 5) is 85.4. The Hall–Kier alpha value is -6.28. The van der Waals surface area contributed by atoms with Crippen molar-refractivity contribution < 1.29 is 70.8 Å². The van der Waals surface area contributed by atoms with Gasteiger partial charge in [-0.3, -0.25) is 28.9 Å². The van der Waals surface area contributed by atoms with Crippen LogP contribution in [0.2, 0.25) is 0 Å². The number of benzene rings is 2. The third kappa shape index (κ3) is 13.4. The summed E-state index contributed by atoms with van der Waals surface area (Å²) in [5, 5.41) is 29.2. The molecule has 60 heavy (non-hydrogen) atoms. The van der Waals surface area contributed by atoms with Crippen LogP contribution >= 0.6 is 0 Å². The topological polar surface area (TPSA) is 230 Å². The molecule has 0 saturated carbocycles. The van der Waals surface area contributed by atoms with E-state index in [0.29, 0.717) is 17.8 Å². The number of aliphatic hydroxyl groups excluding tert-OH is 1. The summed E-state index contributed by atoms with van der Waals surface area (Å²) in [6.07, 6.45) is -2.27. The number of halogens is 5. The Balaban J connectivity index is 0.00000126. The van der Waals surface area contributed by atoms with Gasteiger partial charge in [0, 0.05) is 54.7 Å². The minimum Gasteiger partial charge on any atom is -0.480 e. The van der Waals surface area contributed by atoms with Gasteiger partial charge in [0.1, 0.15) is 24.3 Å². The zero-order valence-electron chi connectivity index (χ0n) is 32.6. The van der Waals surface area contributed by atoms with Crippen LogP contribution in [0.25, 0.3) is 11.1 Å². The fourth-order valence-electron chi connectivity index (χ4n) is 6.19. The van der Waals surface area contributed by atoms with E-state index in [2.05, 4.69) is 5.32 Å². The van der Waals surface area contributed by atoms with E-state index in [1.54, 1.807) is 12.3 Å². The number of nitrogens with zero attached hydrogens (tertiary/aromatic N) is 3. The minimum absolute atomic E-state index is 0.00849. The van der Waals surface area contributed by atoms with Gasteiger partial charge in [0.15, 0.2) is 5.78 Å². The van der Waals surface area contributed by atoms with Crippen LogP contribution in [0, 0.1) is 17.0 Å². The number of hydrogen-bond acceptors (Lipinski definition) is 9.